The number of hydrogen-bond acceptors (Lipinski definition) is 14. The van der Waals surface area contributed by atoms with Gasteiger partial charge >= 0.3 is 6.01 Å². The Kier molecular flexibility index (Phi) is 12.2. The number of nitrogens with one attached hydrogen (secondary N) is 2. The number of aromatic hydroxyl groups is 1. The summed E-state index contributed by atoms with van der Waals surface area (Å²) >= 11 is 0. The van der Waals surface area contributed by atoms with Crippen LogP contribution in [0.5, 0.6) is 11.8 Å². The number of terminal acetylenes is 1. The van der Waals surface area contributed by atoms with Gasteiger partial charge in [-0.05, 0) is 130 Å². The van der Waals surface area contributed by atoms with Crippen molar-refractivity contribution >= 4 is 50.9 Å². The standard InChI is InChI=1S/C58H65FN10O6/c1-3-36-6-5-7-37-23-41(70)25-43(49(36)37)51-50(59)52-44(28-60-51)53(68-31-39-24-47(74-4-2)45(32-68)61-39)64-56(63-52)75-34-58(12-13-58)33-66-16-14-57(15-17-66)26-35(27-57)29-65-18-20-67(21-19-65)40-8-9-42-38(22-40)30-69(55(42)73)46-10-11-48(71)62-54(46)72/h1,5-9,22-23,25,28,35,39,45-47,61,70H,4,10-21,24,26-27,29-34H2,2H3,(H,62,71,72)/t39?,45?,46-,47?/m0/s1. The number of piperazine rings is 2. The molecule has 2 saturated carbocycles. The van der Waals surface area contributed by atoms with E-state index < -0.39 is 11.9 Å². The maximum Gasteiger partial charge on any atom is 0.319 e. The maximum atomic E-state index is 17.3. The average Bonchev–Trinajstić information content (AvgIpc) is 4.01. The summed E-state index contributed by atoms with van der Waals surface area (Å²) in [6, 6.07) is 14.5. The Morgan fingerprint density at radius 2 is 1.76 bits per heavy atom. The molecule has 3 aromatic carbocycles. The minimum absolute atomic E-state index is 0.00639. The van der Waals surface area contributed by atoms with Gasteiger partial charge in [0.05, 0.1) is 24.1 Å². The number of amides is 3. The van der Waals surface area contributed by atoms with E-state index in [4.69, 9.17) is 30.8 Å². The predicted octanol–water partition coefficient (Wildman–Crippen LogP) is 5.86. The number of piperidine rings is 2. The molecule has 5 saturated heterocycles. The number of nitrogens with zero attached hydrogens (tertiary/aromatic N) is 8. The van der Waals surface area contributed by atoms with Crippen LogP contribution in [0.2, 0.25) is 0 Å². The fourth-order valence-electron chi connectivity index (χ4n) is 14.0. The molecule has 7 fully saturated rings. The number of ether oxygens (including phenoxy) is 2. The molecule has 75 heavy (non-hydrogen) atoms. The Labute approximate surface area is 436 Å². The van der Waals surface area contributed by atoms with Gasteiger partial charge in [-0.25, -0.2) is 4.39 Å². The van der Waals surface area contributed by atoms with Crippen LogP contribution in [0.4, 0.5) is 15.9 Å². The van der Waals surface area contributed by atoms with Gasteiger partial charge in [0.25, 0.3) is 5.91 Å². The number of likely N-dealkylation sites (tertiary alicyclic amines) is 1. The Hall–Kier alpha value is -6.45. The largest absolute Gasteiger partial charge is 0.508 e. The number of hydrogen-bond donors (Lipinski definition) is 3. The number of pyridine rings is 1. The molecular weight excluding hydrogens is 952 g/mol. The molecule has 0 radical (unpaired) electrons. The van der Waals surface area contributed by atoms with Crippen LogP contribution in [0.3, 0.4) is 0 Å². The van der Waals surface area contributed by atoms with Crippen molar-refractivity contribution in [2.75, 3.05) is 88.5 Å². The smallest absolute Gasteiger partial charge is 0.319 e. The Morgan fingerprint density at radius 1 is 0.933 bits per heavy atom. The lowest BCUT2D eigenvalue weighted by Crippen LogP contribution is -2.53. The van der Waals surface area contributed by atoms with Gasteiger partial charge in [-0.2, -0.15) is 9.97 Å². The number of fused-ring (bicyclic) bond motifs is 5. The second kappa shape index (κ2) is 19.0. The van der Waals surface area contributed by atoms with E-state index in [1.807, 2.05) is 31.2 Å². The molecule has 1 spiro atoms. The van der Waals surface area contributed by atoms with Crippen molar-refractivity contribution in [1.29, 1.82) is 0 Å². The number of carbonyl (C=O) groups is 3. The number of halogens is 1. The van der Waals surface area contributed by atoms with Crippen LogP contribution in [0, 0.1) is 34.9 Å². The molecule has 6 aliphatic heterocycles. The number of anilines is 2. The van der Waals surface area contributed by atoms with E-state index in [1.165, 1.54) is 31.7 Å². The first kappa shape index (κ1) is 48.2. The number of phenols is 1. The lowest BCUT2D eigenvalue weighted by atomic mass is 9.57. The summed E-state index contributed by atoms with van der Waals surface area (Å²) < 4.78 is 30.0. The molecule has 8 aliphatic rings. The van der Waals surface area contributed by atoms with E-state index >= 15 is 4.39 Å². The van der Waals surface area contributed by atoms with Crippen LogP contribution in [0.1, 0.15) is 86.2 Å². The highest BCUT2D eigenvalue weighted by Crippen LogP contribution is 2.54. The first-order chi connectivity index (χ1) is 36.4. The summed E-state index contributed by atoms with van der Waals surface area (Å²) in [6.07, 6.45) is 16.3. The lowest BCUT2D eigenvalue weighted by Gasteiger charge is -2.54. The molecule has 3 unspecified atom stereocenters. The molecule has 2 aliphatic carbocycles. The monoisotopic (exact) mass is 1020 g/mol. The number of rotatable bonds is 13. The molecule has 3 N–H and O–H groups in total. The summed E-state index contributed by atoms with van der Waals surface area (Å²) in [5.74, 6) is 2.62. The zero-order chi connectivity index (χ0) is 51.2. The number of benzene rings is 3. The molecule has 2 aromatic heterocycles. The summed E-state index contributed by atoms with van der Waals surface area (Å²) in [5, 5.41) is 18.7. The molecule has 13 rings (SSSR count). The van der Waals surface area contributed by atoms with Crippen molar-refractivity contribution < 1.29 is 33.4 Å². The molecule has 17 heteroatoms. The van der Waals surface area contributed by atoms with Gasteiger partial charge < -0.3 is 39.5 Å². The van der Waals surface area contributed by atoms with Crippen LogP contribution < -0.4 is 25.2 Å². The highest BCUT2D eigenvalue weighted by molar-refractivity contribution is 6.06. The average molecular weight is 1020 g/mol. The number of carbonyl (C=O) groups excluding carboxylic acids is 3. The van der Waals surface area contributed by atoms with Gasteiger partial charge in [0.1, 0.15) is 28.8 Å². The third-order valence-electron chi connectivity index (χ3n) is 18.1. The number of imide groups is 1. The minimum atomic E-state index is -0.621. The quantitative estimate of drug-likeness (QED) is 0.0948. The summed E-state index contributed by atoms with van der Waals surface area (Å²) in [6.45, 7) is 13.0. The first-order valence-electron chi connectivity index (χ1n) is 27.2. The summed E-state index contributed by atoms with van der Waals surface area (Å²) in [7, 11) is 0. The van der Waals surface area contributed by atoms with E-state index in [1.54, 1.807) is 23.2 Å². The SMILES string of the molecule is C#Cc1cccc2cc(O)cc(-c3ncc4c(N5CC6CC(OCC)C(C5)N6)nc(OCC5(CN6CCC7(CC6)CC(CN6CCN(c8ccc9c(c8)CN([C@H]8CCC(=O)NC8=O)C9=O)CC6)C7)CC5)nc4c3F)c12. The third kappa shape index (κ3) is 9.00. The van der Waals surface area contributed by atoms with Gasteiger partial charge in [-0.15, -0.1) is 6.42 Å². The lowest BCUT2D eigenvalue weighted by molar-refractivity contribution is -0.136. The van der Waals surface area contributed by atoms with Gasteiger partial charge in [0.15, 0.2) is 5.82 Å². The molecule has 2 bridgehead atoms. The van der Waals surface area contributed by atoms with Gasteiger partial charge in [0, 0.05) is 117 Å². The van der Waals surface area contributed by atoms with Gasteiger partial charge in [-0.1, -0.05) is 18.1 Å². The molecule has 3 amide bonds. The maximum absolute atomic E-state index is 17.3. The first-order valence-corrected chi connectivity index (χ1v) is 27.2. The van der Waals surface area contributed by atoms with Crippen LogP contribution in [0.15, 0.2) is 54.7 Å². The van der Waals surface area contributed by atoms with Crippen molar-refractivity contribution in [2.24, 2.45) is 16.7 Å². The Balaban J connectivity index is 0.632. The zero-order valence-corrected chi connectivity index (χ0v) is 42.7. The van der Waals surface area contributed by atoms with Crippen LogP contribution in [0.25, 0.3) is 32.9 Å². The molecule has 5 aromatic rings. The van der Waals surface area contributed by atoms with Crippen molar-refractivity contribution in [3.8, 4) is 35.4 Å². The van der Waals surface area contributed by atoms with Crippen LogP contribution in [-0.2, 0) is 20.9 Å². The van der Waals surface area contributed by atoms with Crippen LogP contribution >= 0.6 is 0 Å². The second-order valence-electron chi connectivity index (χ2n) is 23.0. The Morgan fingerprint density at radius 3 is 2.53 bits per heavy atom. The van der Waals surface area contributed by atoms with Crippen molar-refractivity contribution in [3.05, 3.63) is 77.2 Å². The number of phenolic OH excluding ortho intramolecular Hbond substituents is 1. The molecule has 16 nitrogen and oxygen atoms in total. The highest BCUT2D eigenvalue weighted by Gasteiger charge is 2.50. The van der Waals surface area contributed by atoms with Gasteiger partial charge in [-0.3, -0.25) is 29.6 Å². The predicted molar refractivity (Wildman–Crippen MR) is 282 cm³/mol. The van der Waals surface area contributed by atoms with E-state index in [9.17, 15) is 19.5 Å². The molecular formula is C58H65FN10O6. The zero-order valence-electron chi connectivity index (χ0n) is 42.7. The summed E-state index contributed by atoms with van der Waals surface area (Å²) in [5.41, 5.74) is 4.29. The van der Waals surface area contributed by atoms with E-state index in [0.29, 0.717) is 83.4 Å². The van der Waals surface area contributed by atoms with Crippen molar-refractivity contribution in [1.82, 2.24) is 40.3 Å². The molecule has 4 atom stereocenters. The third-order valence-corrected chi connectivity index (χ3v) is 18.1. The van der Waals surface area contributed by atoms with Crippen molar-refractivity contribution in [2.45, 2.75) is 95.5 Å². The minimum Gasteiger partial charge on any atom is -0.508 e. The molecule has 390 valence electrons. The Bertz CT molecular complexity index is 3150. The van der Waals surface area contributed by atoms with Crippen LogP contribution in [-0.4, -0.2) is 155 Å². The van der Waals surface area contributed by atoms with Gasteiger partial charge in [0.2, 0.25) is 11.8 Å². The normalized spacial score (nSPS) is 25.5. The fraction of sp³-hybridized carbons (Fsp3) is 0.517. The topological polar surface area (TPSA) is 169 Å². The van der Waals surface area contributed by atoms with E-state index in [2.05, 4.69) is 42.2 Å². The fourth-order valence-corrected chi connectivity index (χ4v) is 14.0. The van der Waals surface area contributed by atoms with E-state index in [0.717, 1.165) is 88.8 Å². The molecule has 8 heterocycles. The number of aromatic nitrogens is 3. The van der Waals surface area contributed by atoms with Crippen molar-refractivity contribution in [3.63, 3.8) is 0 Å². The summed E-state index contributed by atoms with van der Waals surface area (Å²) in [4.78, 5) is 63.6. The highest BCUT2D eigenvalue weighted by atomic mass is 19.1. The van der Waals surface area contributed by atoms with E-state index in [-0.39, 0.29) is 70.7 Å². The second-order valence-corrected chi connectivity index (χ2v) is 23.0.